The molecule has 0 aromatic heterocycles. The third-order valence-electron chi connectivity index (χ3n) is 5.89. The summed E-state index contributed by atoms with van der Waals surface area (Å²) in [5.41, 5.74) is 0. The molecule has 4 bridgehead atoms. The van der Waals surface area contributed by atoms with E-state index in [1.807, 2.05) is 0 Å². The molecule has 5 saturated heterocycles. The highest BCUT2D eigenvalue weighted by molar-refractivity contribution is 5.63. The highest BCUT2D eigenvalue weighted by atomic mass is 16.8. The molecular formula is C13H16O5. The first-order valence-corrected chi connectivity index (χ1v) is 6.85. The van der Waals surface area contributed by atoms with Crippen molar-refractivity contribution in [2.75, 3.05) is 0 Å². The van der Waals surface area contributed by atoms with E-state index in [1.165, 1.54) is 0 Å². The van der Waals surface area contributed by atoms with E-state index >= 15 is 0 Å². The molecule has 0 aliphatic carbocycles. The molecule has 5 aliphatic heterocycles. The Hall–Kier alpha value is -0.810. The van der Waals surface area contributed by atoms with Crippen LogP contribution in [0.1, 0.15) is 13.8 Å². The van der Waals surface area contributed by atoms with Crippen LogP contribution in [0.25, 0.3) is 0 Å². The fourth-order valence-electron chi connectivity index (χ4n) is 5.01. The number of ether oxygens (including phenoxy) is 4. The summed E-state index contributed by atoms with van der Waals surface area (Å²) < 4.78 is 22.7. The maximum atomic E-state index is 11.3. The zero-order valence-electron chi connectivity index (χ0n) is 10.3. The molecule has 10 unspecified atom stereocenters. The summed E-state index contributed by atoms with van der Waals surface area (Å²) in [7, 11) is 0. The Labute approximate surface area is 105 Å². The minimum absolute atomic E-state index is 0.0126. The zero-order valence-corrected chi connectivity index (χ0v) is 10.3. The summed E-state index contributed by atoms with van der Waals surface area (Å²) in [5, 5.41) is 0. The van der Waals surface area contributed by atoms with Gasteiger partial charge in [0.1, 0.15) is 12.2 Å². The predicted molar refractivity (Wildman–Crippen MR) is 57.8 cm³/mol. The summed E-state index contributed by atoms with van der Waals surface area (Å²) in [5.74, 6) is 1.91. The lowest BCUT2D eigenvalue weighted by Gasteiger charge is -2.37. The molecule has 5 nitrogen and oxygen atoms in total. The summed E-state index contributed by atoms with van der Waals surface area (Å²) >= 11 is 0. The van der Waals surface area contributed by atoms with E-state index in [1.54, 1.807) is 0 Å². The Kier molecular flexibility index (Phi) is 1.59. The number of rotatable bonds is 0. The van der Waals surface area contributed by atoms with Crippen LogP contribution in [0, 0.1) is 23.7 Å². The van der Waals surface area contributed by atoms with E-state index in [0.29, 0.717) is 23.7 Å². The summed E-state index contributed by atoms with van der Waals surface area (Å²) in [6.07, 6.45) is -0.417. The van der Waals surface area contributed by atoms with Crippen molar-refractivity contribution in [3.05, 3.63) is 0 Å². The van der Waals surface area contributed by atoms with Crippen molar-refractivity contribution in [3.63, 3.8) is 0 Å². The first kappa shape index (κ1) is 10.0. The molecule has 0 radical (unpaired) electrons. The smallest absolute Gasteiger partial charge is 0.424 e. The van der Waals surface area contributed by atoms with Crippen molar-refractivity contribution in [2.24, 2.45) is 23.7 Å². The largest absolute Gasteiger partial charge is 0.509 e. The van der Waals surface area contributed by atoms with Crippen molar-refractivity contribution in [3.8, 4) is 0 Å². The Morgan fingerprint density at radius 2 is 1.17 bits per heavy atom. The minimum atomic E-state index is -0.530. The van der Waals surface area contributed by atoms with Crippen LogP contribution in [-0.4, -0.2) is 42.8 Å². The molecule has 0 spiro atoms. The molecule has 0 saturated carbocycles. The van der Waals surface area contributed by atoms with E-state index in [4.69, 9.17) is 18.9 Å². The number of fused-ring (bicyclic) bond motifs is 12. The molecule has 5 fully saturated rings. The fourth-order valence-corrected chi connectivity index (χ4v) is 5.01. The Bertz CT molecular complexity index is 401. The third kappa shape index (κ3) is 0.873. The average molecular weight is 252 g/mol. The zero-order chi connectivity index (χ0) is 12.2. The summed E-state index contributed by atoms with van der Waals surface area (Å²) in [6.45, 7) is 4.51. The maximum Gasteiger partial charge on any atom is 0.509 e. The van der Waals surface area contributed by atoms with Gasteiger partial charge in [0.15, 0.2) is 12.2 Å². The maximum absolute atomic E-state index is 11.3. The van der Waals surface area contributed by atoms with Crippen molar-refractivity contribution in [1.82, 2.24) is 0 Å². The number of carbonyl (C=O) groups excluding carboxylic acids is 1. The normalized spacial score (nSPS) is 66.9. The molecule has 98 valence electrons. The molecule has 10 atom stereocenters. The molecule has 18 heavy (non-hydrogen) atoms. The number of hydrogen-bond donors (Lipinski definition) is 0. The van der Waals surface area contributed by atoms with Crippen molar-refractivity contribution in [2.45, 2.75) is 50.5 Å². The second kappa shape index (κ2) is 2.85. The van der Waals surface area contributed by atoms with Crippen LogP contribution in [0.5, 0.6) is 0 Å². The lowest BCUT2D eigenvalue weighted by molar-refractivity contribution is -0.0359. The molecule has 5 heterocycles. The third-order valence-corrected chi connectivity index (χ3v) is 5.89. The second-order valence-corrected chi connectivity index (χ2v) is 6.42. The van der Waals surface area contributed by atoms with Gasteiger partial charge < -0.3 is 18.9 Å². The van der Waals surface area contributed by atoms with Crippen molar-refractivity contribution < 1.29 is 23.7 Å². The molecule has 0 amide bonds. The average Bonchev–Trinajstić information content (AvgIpc) is 3.02. The Morgan fingerprint density at radius 1 is 0.722 bits per heavy atom. The van der Waals surface area contributed by atoms with Gasteiger partial charge in [-0.1, -0.05) is 13.8 Å². The SMILES string of the molecule is CC1C(C)C2OC1C1C3OC(C4OC(=O)OC43)C21. The predicted octanol–water partition coefficient (Wildman–Crippen LogP) is 0.957. The van der Waals surface area contributed by atoms with Crippen LogP contribution < -0.4 is 0 Å². The first-order chi connectivity index (χ1) is 8.66. The fraction of sp³-hybridized carbons (Fsp3) is 0.923. The van der Waals surface area contributed by atoms with Gasteiger partial charge in [0.25, 0.3) is 0 Å². The highest BCUT2D eigenvalue weighted by Crippen LogP contribution is 2.61. The van der Waals surface area contributed by atoms with Gasteiger partial charge in [0.05, 0.1) is 12.2 Å². The van der Waals surface area contributed by atoms with Crippen LogP contribution in [0.15, 0.2) is 0 Å². The lowest BCUT2D eigenvalue weighted by Crippen LogP contribution is -2.52. The molecule has 5 rings (SSSR count). The van der Waals surface area contributed by atoms with Crippen LogP contribution in [0.2, 0.25) is 0 Å². The first-order valence-electron chi connectivity index (χ1n) is 6.85. The van der Waals surface area contributed by atoms with E-state index in [2.05, 4.69) is 13.8 Å². The Morgan fingerprint density at radius 3 is 1.67 bits per heavy atom. The van der Waals surface area contributed by atoms with Crippen molar-refractivity contribution in [1.29, 1.82) is 0 Å². The minimum Gasteiger partial charge on any atom is -0.424 e. The van der Waals surface area contributed by atoms with Crippen molar-refractivity contribution >= 4 is 6.16 Å². The van der Waals surface area contributed by atoms with E-state index < -0.39 is 6.16 Å². The highest BCUT2D eigenvalue weighted by Gasteiger charge is 2.74. The van der Waals surface area contributed by atoms with Crippen LogP contribution in [0.3, 0.4) is 0 Å². The van der Waals surface area contributed by atoms with E-state index in [-0.39, 0.29) is 36.6 Å². The molecular weight excluding hydrogens is 236 g/mol. The second-order valence-electron chi connectivity index (χ2n) is 6.42. The molecule has 0 N–H and O–H groups in total. The van der Waals surface area contributed by atoms with Crippen LogP contribution in [-0.2, 0) is 18.9 Å². The van der Waals surface area contributed by atoms with Gasteiger partial charge in [-0.3, -0.25) is 0 Å². The van der Waals surface area contributed by atoms with Gasteiger partial charge in [0.2, 0.25) is 0 Å². The molecule has 5 aliphatic rings. The van der Waals surface area contributed by atoms with Gasteiger partial charge in [-0.05, 0) is 11.8 Å². The van der Waals surface area contributed by atoms with Gasteiger partial charge in [-0.25, -0.2) is 4.79 Å². The van der Waals surface area contributed by atoms with E-state index in [9.17, 15) is 4.79 Å². The standard InChI is InChI=1S/C13H16O5/c1-3-4(2)8-6-5(7(3)15-8)9-11-12(10(6)16-9)18-13(14)17-11/h3-12H,1-2H3. The van der Waals surface area contributed by atoms with Gasteiger partial charge in [0, 0.05) is 11.8 Å². The van der Waals surface area contributed by atoms with Crippen LogP contribution in [0.4, 0.5) is 4.79 Å². The molecule has 0 aromatic rings. The number of hydrogen-bond acceptors (Lipinski definition) is 5. The van der Waals surface area contributed by atoms with Gasteiger partial charge in [-0.15, -0.1) is 0 Å². The monoisotopic (exact) mass is 252 g/mol. The van der Waals surface area contributed by atoms with Gasteiger partial charge >= 0.3 is 6.16 Å². The molecule has 0 aromatic carbocycles. The van der Waals surface area contributed by atoms with E-state index in [0.717, 1.165) is 0 Å². The summed E-state index contributed by atoms with van der Waals surface area (Å²) in [6, 6.07) is 0. The quantitative estimate of drug-likeness (QED) is 0.601. The Balaban J connectivity index is 1.55. The number of carbonyl (C=O) groups is 1. The topological polar surface area (TPSA) is 54.0 Å². The van der Waals surface area contributed by atoms with Crippen LogP contribution >= 0.6 is 0 Å². The van der Waals surface area contributed by atoms with Gasteiger partial charge in [-0.2, -0.15) is 0 Å². The molecule has 5 heteroatoms. The summed E-state index contributed by atoms with van der Waals surface area (Å²) in [4.78, 5) is 11.3. The lowest BCUT2D eigenvalue weighted by atomic mass is 9.63.